The number of amides is 1. The first kappa shape index (κ1) is 21.2. The Labute approximate surface area is 181 Å². The summed E-state index contributed by atoms with van der Waals surface area (Å²) in [6.07, 6.45) is 0.585. The molecule has 2 saturated heterocycles. The molecule has 1 aromatic heterocycles. The number of carbonyl (C=O) groups is 1. The van der Waals surface area contributed by atoms with E-state index in [1.165, 1.54) is 17.8 Å². The van der Waals surface area contributed by atoms with Gasteiger partial charge in [-0.15, -0.1) is 11.3 Å². The number of rotatable bonds is 6. The highest BCUT2D eigenvalue weighted by Crippen LogP contribution is 2.17. The van der Waals surface area contributed by atoms with E-state index in [9.17, 15) is 9.18 Å². The zero-order valence-electron chi connectivity index (χ0n) is 17.6. The van der Waals surface area contributed by atoms with Crippen molar-refractivity contribution in [3.8, 4) is 0 Å². The van der Waals surface area contributed by atoms with Crippen LogP contribution in [0.1, 0.15) is 17.1 Å². The van der Waals surface area contributed by atoms with Gasteiger partial charge in [0.15, 0.2) is 0 Å². The Morgan fingerprint density at radius 2 is 1.67 bits per heavy atom. The minimum Gasteiger partial charge on any atom is -0.368 e. The van der Waals surface area contributed by atoms with Crippen LogP contribution in [0.15, 0.2) is 29.6 Å². The molecule has 162 valence electrons. The summed E-state index contributed by atoms with van der Waals surface area (Å²) in [6, 6.07) is 6.60. The van der Waals surface area contributed by atoms with E-state index in [4.69, 9.17) is 0 Å². The summed E-state index contributed by atoms with van der Waals surface area (Å²) in [5.74, 6) is 0.0285. The number of nitrogens with zero attached hydrogens (tertiary/aromatic N) is 5. The quantitative estimate of drug-likeness (QED) is 0.703. The zero-order valence-corrected chi connectivity index (χ0v) is 18.4. The van der Waals surface area contributed by atoms with Crippen LogP contribution in [0.4, 0.5) is 10.1 Å². The van der Waals surface area contributed by atoms with Crippen molar-refractivity contribution in [2.45, 2.75) is 19.9 Å². The summed E-state index contributed by atoms with van der Waals surface area (Å²) in [6.45, 7) is 10.9. The maximum atomic E-state index is 13.1. The van der Waals surface area contributed by atoms with Crippen molar-refractivity contribution in [1.82, 2.24) is 19.7 Å². The first-order valence-corrected chi connectivity index (χ1v) is 11.6. The van der Waals surface area contributed by atoms with E-state index < -0.39 is 0 Å². The van der Waals surface area contributed by atoms with E-state index in [-0.39, 0.29) is 11.7 Å². The van der Waals surface area contributed by atoms with Gasteiger partial charge in [0.05, 0.1) is 10.7 Å². The van der Waals surface area contributed by atoms with Gasteiger partial charge in [0, 0.05) is 82.9 Å². The number of piperazine rings is 2. The van der Waals surface area contributed by atoms with E-state index in [0.717, 1.165) is 76.1 Å². The number of benzene rings is 1. The SMILES string of the molecule is Cc1nc(CN2CCN(CCC(=O)N3CCN(c4ccc(F)cc4)CC3)CC2)cs1. The minimum atomic E-state index is -0.216. The van der Waals surface area contributed by atoms with Crippen LogP contribution in [0.2, 0.25) is 0 Å². The van der Waals surface area contributed by atoms with Gasteiger partial charge in [-0.25, -0.2) is 9.37 Å². The number of anilines is 1. The normalized spacial score (nSPS) is 18.7. The molecule has 0 saturated carbocycles. The van der Waals surface area contributed by atoms with Gasteiger partial charge in [0.25, 0.3) is 0 Å². The monoisotopic (exact) mass is 431 g/mol. The third-order valence-corrected chi connectivity index (χ3v) is 6.81. The Kier molecular flexibility index (Phi) is 6.97. The Morgan fingerprint density at radius 3 is 2.30 bits per heavy atom. The largest absolute Gasteiger partial charge is 0.368 e. The van der Waals surface area contributed by atoms with Gasteiger partial charge in [0.1, 0.15) is 5.82 Å². The lowest BCUT2D eigenvalue weighted by atomic mass is 10.2. The van der Waals surface area contributed by atoms with Crippen molar-refractivity contribution in [1.29, 1.82) is 0 Å². The summed E-state index contributed by atoms with van der Waals surface area (Å²) in [4.78, 5) is 26.2. The molecule has 1 aromatic carbocycles. The lowest BCUT2D eigenvalue weighted by Crippen LogP contribution is -2.50. The van der Waals surface area contributed by atoms with E-state index in [1.807, 2.05) is 24.0 Å². The fourth-order valence-electron chi connectivity index (χ4n) is 4.16. The highest BCUT2D eigenvalue weighted by atomic mass is 32.1. The van der Waals surface area contributed by atoms with Crippen molar-refractivity contribution in [3.05, 3.63) is 46.2 Å². The second kappa shape index (κ2) is 9.85. The summed E-state index contributed by atoms with van der Waals surface area (Å²) in [5.41, 5.74) is 2.19. The molecule has 6 nitrogen and oxygen atoms in total. The van der Waals surface area contributed by atoms with Crippen LogP contribution in [0.25, 0.3) is 0 Å². The first-order valence-electron chi connectivity index (χ1n) is 10.7. The maximum absolute atomic E-state index is 13.1. The maximum Gasteiger partial charge on any atom is 0.223 e. The van der Waals surface area contributed by atoms with Gasteiger partial charge in [-0.1, -0.05) is 0 Å². The summed E-state index contributed by atoms with van der Waals surface area (Å²) >= 11 is 1.71. The highest BCUT2D eigenvalue weighted by Gasteiger charge is 2.23. The molecule has 30 heavy (non-hydrogen) atoms. The van der Waals surface area contributed by atoms with Gasteiger partial charge < -0.3 is 14.7 Å². The molecule has 0 radical (unpaired) electrons. The van der Waals surface area contributed by atoms with Gasteiger partial charge in [0.2, 0.25) is 5.91 Å². The molecular formula is C22H30FN5OS. The fourth-order valence-corrected chi connectivity index (χ4v) is 4.76. The fraction of sp³-hybridized carbons (Fsp3) is 0.545. The third kappa shape index (κ3) is 5.56. The smallest absolute Gasteiger partial charge is 0.223 e. The van der Waals surface area contributed by atoms with Crippen molar-refractivity contribution >= 4 is 22.9 Å². The number of hydrogen-bond acceptors (Lipinski definition) is 6. The molecular weight excluding hydrogens is 401 g/mol. The standard InChI is InChI=1S/C22H30FN5OS/c1-18-24-20(17-30-18)16-26-10-8-25(9-11-26)7-6-22(29)28-14-12-27(13-15-28)21-4-2-19(23)3-5-21/h2-5,17H,6-16H2,1H3. The number of aromatic nitrogens is 1. The van der Waals surface area contributed by atoms with E-state index in [2.05, 4.69) is 25.1 Å². The van der Waals surface area contributed by atoms with Gasteiger partial charge in [-0.05, 0) is 31.2 Å². The number of carbonyl (C=O) groups excluding carboxylic acids is 1. The Balaban J connectivity index is 1.15. The number of hydrogen-bond donors (Lipinski definition) is 0. The molecule has 1 amide bonds. The topological polar surface area (TPSA) is 42.9 Å². The van der Waals surface area contributed by atoms with Gasteiger partial charge in [-0.3, -0.25) is 9.69 Å². The van der Waals surface area contributed by atoms with Gasteiger partial charge in [-0.2, -0.15) is 0 Å². The molecule has 8 heteroatoms. The van der Waals surface area contributed by atoms with Crippen LogP contribution >= 0.6 is 11.3 Å². The summed E-state index contributed by atoms with van der Waals surface area (Å²) < 4.78 is 13.1. The predicted octanol–water partition coefficient (Wildman–Crippen LogP) is 2.45. The van der Waals surface area contributed by atoms with Crippen LogP contribution in [0, 0.1) is 12.7 Å². The molecule has 4 rings (SSSR count). The number of thiazole rings is 1. The molecule has 2 fully saturated rings. The number of halogens is 1. The zero-order chi connectivity index (χ0) is 20.9. The molecule has 0 bridgehead atoms. The lowest BCUT2D eigenvalue weighted by Gasteiger charge is -2.37. The van der Waals surface area contributed by atoms with E-state index >= 15 is 0 Å². The molecule has 2 aromatic rings. The Hall–Kier alpha value is -2.03. The van der Waals surface area contributed by atoms with Crippen LogP contribution in [0.5, 0.6) is 0 Å². The molecule has 0 unspecified atom stereocenters. The molecule has 0 spiro atoms. The Bertz CT molecular complexity index is 826. The minimum absolute atomic E-state index is 0.216. The summed E-state index contributed by atoms with van der Waals surface area (Å²) in [7, 11) is 0. The van der Waals surface area contributed by atoms with Crippen LogP contribution < -0.4 is 4.90 Å². The molecule has 3 heterocycles. The van der Waals surface area contributed by atoms with Crippen molar-refractivity contribution < 1.29 is 9.18 Å². The predicted molar refractivity (Wildman–Crippen MR) is 118 cm³/mol. The molecule has 2 aliphatic rings. The van der Waals surface area contributed by atoms with E-state index in [0.29, 0.717) is 6.42 Å². The Morgan fingerprint density at radius 1 is 1.00 bits per heavy atom. The van der Waals surface area contributed by atoms with Crippen molar-refractivity contribution in [2.24, 2.45) is 0 Å². The molecule has 2 aliphatic heterocycles. The molecule has 0 atom stereocenters. The van der Waals surface area contributed by atoms with Crippen molar-refractivity contribution in [3.63, 3.8) is 0 Å². The average Bonchev–Trinajstić information content (AvgIpc) is 3.18. The number of aryl methyl sites for hydroxylation is 1. The average molecular weight is 432 g/mol. The highest BCUT2D eigenvalue weighted by molar-refractivity contribution is 7.09. The lowest BCUT2D eigenvalue weighted by molar-refractivity contribution is -0.131. The molecule has 0 aliphatic carbocycles. The van der Waals surface area contributed by atoms with Crippen LogP contribution in [-0.4, -0.2) is 84.5 Å². The van der Waals surface area contributed by atoms with E-state index in [1.54, 1.807) is 11.3 Å². The second-order valence-electron chi connectivity index (χ2n) is 8.07. The van der Waals surface area contributed by atoms with Crippen molar-refractivity contribution in [2.75, 3.05) is 63.8 Å². The van der Waals surface area contributed by atoms with Crippen LogP contribution in [0.3, 0.4) is 0 Å². The molecule has 0 N–H and O–H groups in total. The van der Waals surface area contributed by atoms with Gasteiger partial charge >= 0.3 is 0 Å². The third-order valence-electron chi connectivity index (χ3n) is 5.98. The first-order chi connectivity index (χ1) is 14.6. The van der Waals surface area contributed by atoms with Crippen LogP contribution in [-0.2, 0) is 11.3 Å². The summed E-state index contributed by atoms with van der Waals surface area (Å²) in [5, 5.41) is 3.27. The second-order valence-corrected chi connectivity index (χ2v) is 9.13.